The fourth-order valence-corrected chi connectivity index (χ4v) is 2.78. The number of carbonyl (C=O) groups excluding carboxylic acids is 1. The van der Waals surface area contributed by atoms with Gasteiger partial charge in [0, 0.05) is 10.0 Å². The van der Waals surface area contributed by atoms with E-state index < -0.39 is 6.61 Å². The third kappa shape index (κ3) is 5.93. The molecule has 156 valence electrons. The van der Waals surface area contributed by atoms with Crippen LogP contribution in [0.1, 0.15) is 21.9 Å². The molecule has 0 fully saturated rings. The van der Waals surface area contributed by atoms with E-state index in [9.17, 15) is 13.6 Å². The van der Waals surface area contributed by atoms with E-state index in [4.69, 9.17) is 13.9 Å². The van der Waals surface area contributed by atoms with Gasteiger partial charge < -0.3 is 18.6 Å². The van der Waals surface area contributed by atoms with Crippen molar-refractivity contribution >= 4 is 27.8 Å². The third-order valence-corrected chi connectivity index (χ3v) is 4.47. The van der Waals surface area contributed by atoms with Gasteiger partial charge in [-0.2, -0.15) is 8.78 Å². The van der Waals surface area contributed by atoms with E-state index in [0.29, 0.717) is 17.3 Å². The minimum atomic E-state index is -2.98. The van der Waals surface area contributed by atoms with E-state index in [1.807, 2.05) is 24.3 Å². The zero-order valence-electron chi connectivity index (χ0n) is 15.8. The van der Waals surface area contributed by atoms with E-state index in [2.05, 4.69) is 20.7 Å². The summed E-state index contributed by atoms with van der Waals surface area (Å²) in [6.45, 7) is -2.74. The van der Waals surface area contributed by atoms with Crippen LogP contribution in [0, 0.1) is 0 Å². The van der Waals surface area contributed by atoms with Gasteiger partial charge in [0.15, 0.2) is 17.3 Å². The molecule has 0 spiro atoms. The fraction of sp³-hybridized carbons (Fsp3) is 0.136. The number of alkyl halides is 2. The van der Waals surface area contributed by atoms with Crippen molar-refractivity contribution in [2.45, 2.75) is 13.2 Å². The molecule has 0 saturated heterocycles. The maximum Gasteiger partial charge on any atom is 0.387 e. The molecule has 0 unspecified atom stereocenters. The lowest BCUT2D eigenvalue weighted by Crippen LogP contribution is -2.04. The quantitative estimate of drug-likeness (QED) is 0.273. The second-order valence-electron chi connectivity index (χ2n) is 5.99. The highest BCUT2D eigenvalue weighted by molar-refractivity contribution is 9.10. The average molecular weight is 479 g/mol. The smallest absolute Gasteiger partial charge is 0.387 e. The Bertz CT molecular complexity index is 1030. The van der Waals surface area contributed by atoms with Gasteiger partial charge in [0.1, 0.15) is 23.9 Å². The number of methoxy groups -OCH3 is 1. The number of benzene rings is 2. The molecule has 0 amide bonds. The number of ketones is 1. The second kappa shape index (κ2) is 10.1. The standard InChI is InChI=1S/C22H17BrF2O5/c1-27-21-12-14(2-11-20(21)30-22(24)25)19(26)10-9-17-7-8-18(29-17)13-28-16-5-3-15(23)4-6-16/h2-12,22H,13H2,1H3/b10-9+. The van der Waals surface area contributed by atoms with E-state index in [1.165, 1.54) is 37.5 Å². The summed E-state index contributed by atoms with van der Waals surface area (Å²) in [4.78, 5) is 12.4. The van der Waals surface area contributed by atoms with Crippen LogP contribution >= 0.6 is 15.9 Å². The van der Waals surface area contributed by atoms with E-state index >= 15 is 0 Å². The topological polar surface area (TPSA) is 57.9 Å². The molecule has 0 aliphatic heterocycles. The van der Waals surface area contributed by atoms with Crippen LogP contribution in [0.2, 0.25) is 0 Å². The molecule has 3 rings (SSSR count). The lowest BCUT2D eigenvalue weighted by Gasteiger charge is -2.10. The fourth-order valence-electron chi connectivity index (χ4n) is 2.52. The van der Waals surface area contributed by atoms with Gasteiger partial charge in [-0.25, -0.2) is 0 Å². The van der Waals surface area contributed by atoms with Crippen molar-refractivity contribution < 1.29 is 32.2 Å². The molecule has 0 bridgehead atoms. The second-order valence-corrected chi connectivity index (χ2v) is 6.90. The Balaban J connectivity index is 1.61. The normalized spacial score (nSPS) is 11.1. The number of hydrogen-bond acceptors (Lipinski definition) is 5. The van der Waals surface area contributed by atoms with Crippen LogP contribution in [0.25, 0.3) is 6.08 Å². The monoisotopic (exact) mass is 478 g/mol. The first kappa shape index (κ1) is 21.6. The molecule has 1 aromatic heterocycles. The zero-order valence-corrected chi connectivity index (χ0v) is 17.4. The Morgan fingerprint density at radius 1 is 1.10 bits per heavy atom. The van der Waals surface area contributed by atoms with Crippen molar-refractivity contribution in [2.75, 3.05) is 7.11 Å². The van der Waals surface area contributed by atoms with Crippen molar-refractivity contribution in [2.24, 2.45) is 0 Å². The first-order valence-corrected chi connectivity index (χ1v) is 9.56. The summed E-state index contributed by atoms with van der Waals surface area (Å²) < 4.78 is 46.4. The van der Waals surface area contributed by atoms with Crippen LogP contribution in [0.3, 0.4) is 0 Å². The van der Waals surface area contributed by atoms with Crippen LogP contribution in [0.5, 0.6) is 17.2 Å². The zero-order chi connectivity index (χ0) is 21.5. The molecule has 1 heterocycles. The Labute approximate surface area is 180 Å². The van der Waals surface area contributed by atoms with E-state index in [1.54, 1.807) is 12.1 Å². The van der Waals surface area contributed by atoms with E-state index in [0.717, 1.165) is 4.47 Å². The Morgan fingerprint density at radius 3 is 2.57 bits per heavy atom. The first-order valence-electron chi connectivity index (χ1n) is 8.77. The number of ether oxygens (including phenoxy) is 3. The minimum Gasteiger partial charge on any atom is -0.493 e. The van der Waals surface area contributed by atoms with Crippen molar-refractivity contribution in [1.29, 1.82) is 0 Å². The summed E-state index contributed by atoms with van der Waals surface area (Å²) in [5, 5.41) is 0. The largest absolute Gasteiger partial charge is 0.493 e. The van der Waals surface area contributed by atoms with Crippen LogP contribution in [-0.2, 0) is 6.61 Å². The molecule has 2 aromatic carbocycles. The lowest BCUT2D eigenvalue weighted by molar-refractivity contribution is -0.0512. The molecule has 0 N–H and O–H groups in total. The molecule has 0 saturated carbocycles. The number of rotatable bonds is 9. The summed E-state index contributed by atoms with van der Waals surface area (Å²) in [5.74, 6) is 1.33. The maximum atomic E-state index is 12.4. The SMILES string of the molecule is COc1cc(C(=O)/C=C/c2ccc(COc3ccc(Br)cc3)o2)ccc1OC(F)F. The van der Waals surface area contributed by atoms with Gasteiger partial charge in [0.25, 0.3) is 0 Å². The Hall–Kier alpha value is -3.13. The number of furan rings is 1. The molecule has 8 heteroatoms. The van der Waals surface area contributed by atoms with Crippen molar-refractivity contribution in [3.63, 3.8) is 0 Å². The molecular weight excluding hydrogens is 462 g/mol. The van der Waals surface area contributed by atoms with Gasteiger partial charge >= 0.3 is 6.61 Å². The predicted octanol–water partition coefficient (Wildman–Crippen LogP) is 6.13. The van der Waals surface area contributed by atoms with Gasteiger partial charge in [-0.15, -0.1) is 0 Å². The highest BCUT2D eigenvalue weighted by Crippen LogP contribution is 2.29. The van der Waals surface area contributed by atoms with Gasteiger partial charge in [0.2, 0.25) is 0 Å². The molecule has 0 radical (unpaired) electrons. The maximum absolute atomic E-state index is 12.4. The summed E-state index contributed by atoms with van der Waals surface area (Å²) in [5.41, 5.74) is 0.259. The number of halogens is 3. The highest BCUT2D eigenvalue weighted by Gasteiger charge is 2.13. The molecule has 5 nitrogen and oxygen atoms in total. The summed E-state index contributed by atoms with van der Waals surface area (Å²) >= 11 is 3.36. The van der Waals surface area contributed by atoms with Crippen LogP contribution in [0.4, 0.5) is 8.78 Å². The molecule has 0 aliphatic rings. The van der Waals surface area contributed by atoms with Crippen molar-refractivity contribution in [1.82, 2.24) is 0 Å². The Kier molecular flexibility index (Phi) is 7.24. The summed E-state index contributed by atoms with van der Waals surface area (Å²) in [6, 6.07) is 14.9. The van der Waals surface area contributed by atoms with Crippen LogP contribution in [-0.4, -0.2) is 19.5 Å². The van der Waals surface area contributed by atoms with Crippen LogP contribution in [0.15, 0.2) is 69.6 Å². The van der Waals surface area contributed by atoms with Crippen molar-refractivity contribution in [3.05, 3.63) is 82.2 Å². The first-order chi connectivity index (χ1) is 14.4. The summed E-state index contributed by atoms with van der Waals surface area (Å²) in [6.07, 6.45) is 2.84. The highest BCUT2D eigenvalue weighted by atomic mass is 79.9. The average Bonchev–Trinajstić information content (AvgIpc) is 3.19. The molecular formula is C22H17BrF2O5. The predicted molar refractivity (Wildman–Crippen MR) is 110 cm³/mol. The van der Waals surface area contributed by atoms with Gasteiger partial charge in [-0.1, -0.05) is 15.9 Å². The number of allylic oxidation sites excluding steroid dienone is 1. The van der Waals surface area contributed by atoms with Gasteiger partial charge in [-0.3, -0.25) is 4.79 Å². The minimum absolute atomic E-state index is 0.0416. The van der Waals surface area contributed by atoms with Crippen LogP contribution < -0.4 is 14.2 Å². The molecule has 0 aliphatic carbocycles. The molecule has 3 aromatic rings. The number of hydrogen-bond donors (Lipinski definition) is 0. The molecule has 0 atom stereocenters. The third-order valence-electron chi connectivity index (χ3n) is 3.94. The molecule has 30 heavy (non-hydrogen) atoms. The van der Waals surface area contributed by atoms with Gasteiger partial charge in [0.05, 0.1) is 7.11 Å². The number of carbonyl (C=O) groups is 1. The lowest BCUT2D eigenvalue weighted by atomic mass is 10.1. The Morgan fingerprint density at radius 2 is 1.87 bits per heavy atom. The van der Waals surface area contributed by atoms with E-state index in [-0.39, 0.29) is 29.5 Å². The van der Waals surface area contributed by atoms with Gasteiger partial charge in [-0.05, 0) is 66.7 Å². The summed E-state index contributed by atoms with van der Waals surface area (Å²) in [7, 11) is 1.30. The van der Waals surface area contributed by atoms with Crippen molar-refractivity contribution in [3.8, 4) is 17.2 Å².